The maximum Gasteiger partial charge on any atom is 0.128 e. The first-order chi connectivity index (χ1) is 8.65. The van der Waals surface area contributed by atoms with Gasteiger partial charge in [0, 0.05) is 22.9 Å². The van der Waals surface area contributed by atoms with Crippen LogP contribution in [-0.4, -0.2) is 12.3 Å². The number of hydrogen-bond acceptors (Lipinski definition) is 2. The number of benzene rings is 1. The van der Waals surface area contributed by atoms with E-state index in [2.05, 4.69) is 19.2 Å². The van der Waals surface area contributed by atoms with Crippen molar-refractivity contribution in [3.63, 3.8) is 0 Å². The van der Waals surface area contributed by atoms with E-state index < -0.39 is 0 Å². The number of fused-ring (bicyclic) bond motifs is 1. The molecule has 18 heavy (non-hydrogen) atoms. The van der Waals surface area contributed by atoms with Gasteiger partial charge in [0.1, 0.15) is 11.6 Å². The molecule has 1 aliphatic rings. The summed E-state index contributed by atoms with van der Waals surface area (Å²) in [6.07, 6.45) is 0.989. The molecule has 0 aromatic heterocycles. The molecule has 1 aromatic rings. The molecular weight excluding hydrogens is 252 g/mol. The van der Waals surface area contributed by atoms with E-state index in [0.29, 0.717) is 22.8 Å². The topological polar surface area (TPSA) is 12.0 Å². The quantitative estimate of drug-likeness (QED) is 0.895. The Labute approximate surface area is 111 Å². The molecule has 0 bridgehead atoms. The van der Waals surface area contributed by atoms with Crippen LogP contribution in [-0.2, 0) is 5.75 Å². The molecule has 0 saturated heterocycles. The van der Waals surface area contributed by atoms with Crippen LogP contribution >= 0.6 is 11.8 Å². The normalized spacial score (nSPS) is 23.6. The third-order valence-electron chi connectivity index (χ3n) is 3.37. The molecule has 100 valence electrons. The number of halogens is 2. The lowest BCUT2D eigenvalue weighted by Crippen LogP contribution is -2.29. The fourth-order valence-electron chi connectivity index (χ4n) is 2.42. The van der Waals surface area contributed by atoms with Gasteiger partial charge < -0.3 is 5.32 Å². The summed E-state index contributed by atoms with van der Waals surface area (Å²) in [5.41, 5.74) is 1.08. The fourth-order valence-corrected chi connectivity index (χ4v) is 3.60. The van der Waals surface area contributed by atoms with Crippen LogP contribution in [0.15, 0.2) is 12.1 Å². The predicted octanol–water partition coefficient (Wildman–Crippen LogP) is 3.89. The summed E-state index contributed by atoms with van der Waals surface area (Å²) in [7, 11) is 0. The molecular formula is C14H19F2NS. The van der Waals surface area contributed by atoms with Gasteiger partial charge in [0.05, 0.1) is 0 Å². The van der Waals surface area contributed by atoms with Crippen molar-refractivity contribution in [3.05, 3.63) is 34.9 Å². The highest BCUT2D eigenvalue weighted by atomic mass is 32.2. The van der Waals surface area contributed by atoms with E-state index >= 15 is 0 Å². The van der Waals surface area contributed by atoms with Crippen molar-refractivity contribution in [2.24, 2.45) is 5.92 Å². The predicted molar refractivity (Wildman–Crippen MR) is 72.7 cm³/mol. The molecule has 2 unspecified atom stereocenters. The Morgan fingerprint density at radius 3 is 2.78 bits per heavy atom. The second-order valence-electron chi connectivity index (χ2n) is 4.85. The molecule has 1 N–H and O–H groups in total. The average Bonchev–Trinajstić information content (AvgIpc) is 2.52. The highest BCUT2D eigenvalue weighted by Crippen LogP contribution is 2.37. The van der Waals surface area contributed by atoms with Gasteiger partial charge in [-0.1, -0.05) is 13.8 Å². The first-order valence-electron chi connectivity index (χ1n) is 6.43. The molecule has 0 spiro atoms. The van der Waals surface area contributed by atoms with Crippen LogP contribution in [0.3, 0.4) is 0 Å². The van der Waals surface area contributed by atoms with Crippen LogP contribution in [0.25, 0.3) is 0 Å². The molecule has 1 heterocycles. The highest BCUT2D eigenvalue weighted by Gasteiger charge is 2.29. The summed E-state index contributed by atoms with van der Waals surface area (Å²) in [5.74, 6) is 1.23. The molecule has 0 saturated carbocycles. The maximum atomic E-state index is 14.1. The summed E-state index contributed by atoms with van der Waals surface area (Å²) in [6.45, 7) is 5.00. The average molecular weight is 271 g/mol. The molecule has 1 aromatic carbocycles. The summed E-state index contributed by atoms with van der Waals surface area (Å²) in [4.78, 5) is 0. The summed E-state index contributed by atoms with van der Waals surface area (Å²) in [5, 5.41) is 3.37. The van der Waals surface area contributed by atoms with E-state index in [0.717, 1.165) is 18.7 Å². The van der Waals surface area contributed by atoms with Gasteiger partial charge in [0.2, 0.25) is 0 Å². The van der Waals surface area contributed by atoms with Crippen molar-refractivity contribution in [3.8, 4) is 0 Å². The zero-order chi connectivity index (χ0) is 13.1. The van der Waals surface area contributed by atoms with Gasteiger partial charge in [-0.05, 0) is 36.8 Å². The minimum Gasteiger partial charge on any atom is -0.310 e. The van der Waals surface area contributed by atoms with Gasteiger partial charge in [-0.15, -0.1) is 0 Å². The van der Waals surface area contributed by atoms with Crippen molar-refractivity contribution >= 4 is 11.8 Å². The van der Waals surface area contributed by atoms with Crippen molar-refractivity contribution < 1.29 is 8.78 Å². The first-order valence-corrected chi connectivity index (χ1v) is 7.58. The Morgan fingerprint density at radius 2 is 2.06 bits per heavy atom. The summed E-state index contributed by atoms with van der Waals surface area (Å²) < 4.78 is 27.9. The van der Waals surface area contributed by atoms with E-state index in [1.165, 1.54) is 12.1 Å². The zero-order valence-electron chi connectivity index (χ0n) is 10.8. The van der Waals surface area contributed by atoms with Gasteiger partial charge in [-0.2, -0.15) is 11.8 Å². The Bertz CT molecular complexity index is 423. The van der Waals surface area contributed by atoms with Crippen LogP contribution < -0.4 is 5.32 Å². The lowest BCUT2D eigenvalue weighted by atomic mass is 9.91. The second kappa shape index (κ2) is 6.02. The van der Waals surface area contributed by atoms with Crippen LogP contribution in [0, 0.1) is 17.6 Å². The van der Waals surface area contributed by atoms with E-state index in [1.54, 1.807) is 11.8 Å². The number of thioether (sulfide) groups is 1. The van der Waals surface area contributed by atoms with Crippen LogP contribution in [0.2, 0.25) is 0 Å². The lowest BCUT2D eigenvalue weighted by molar-refractivity contribution is 0.400. The molecule has 0 fully saturated rings. The Balaban J connectivity index is 2.43. The standard InChI is InChI=1S/C14H19F2NS/c1-3-6-17-14-9(2)7-18-8-10-11(15)4-5-12(16)13(10)14/h4-5,9,14,17H,3,6-8H2,1-2H3. The fraction of sp³-hybridized carbons (Fsp3) is 0.571. The monoisotopic (exact) mass is 271 g/mol. The molecule has 2 atom stereocenters. The molecule has 2 rings (SSSR count). The SMILES string of the molecule is CCCNC1c2c(F)ccc(F)c2CSCC1C. The number of nitrogens with one attached hydrogen (secondary N) is 1. The molecule has 1 nitrogen and oxygen atoms in total. The minimum absolute atomic E-state index is 0.0781. The second-order valence-corrected chi connectivity index (χ2v) is 5.88. The Morgan fingerprint density at radius 1 is 1.33 bits per heavy atom. The summed E-state index contributed by atoms with van der Waals surface area (Å²) in [6, 6.07) is 2.41. The van der Waals surface area contributed by atoms with Crippen LogP contribution in [0.4, 0.5) is 8.78 Å². The largest absolute Gasteiger partial charge is 0.310 e. The van der Waals surface area contributed by atoms with E-state index in [9.17, 15) is 8.78 Å². The minimum atomic E-state index is -0.283. The summed E-state index contributed by atoms with van der Waals surface area (Å²) >= 11 is 1.68. The third-order valence-corrected chi connectivity index (χ3v) is 4.62. The highest BCUT2D eigenvalue weighted by molar-refractivity contribution is 7.98. The molecule has 1 aliphatic heterocycles. The lowest BCUT2D eigenvalue weighted by Gasteiger charge is -2.25. The van der Waals surface area contributed by atoms with Crippen LogP contribution in [0.1, 0.15) is 37.4 Å². The maximum absolute atomic E-state index is 14.1. The van der Waals surface area contributed by atoms with E-state index in [1.807, 2.05) is 0 Å². The smallest absolute Gasteiger partial charge is 0.128 e. The van der Waals surface area contributed by atoms with E-state index in [-0.39, 0.29) is 17.7 Å². The Hall–Kier alpha value is -0.610. The first kappa shape index (κ1) is 13.8. The van der Waals surface area contributed by atoms with Crippen molar-refractivity contribution in [1.82, 2.24) is 5.32 Å². The molecule has 0 amide bonds. The van der Waals surface area contributed by atoms with Crippen molar-refractivity contribution in [1.29, 1.82) is 0 Å². The van der Waals surface area contributed by atoms with Gasteiger partial charge >= 0.3 is 0 Å². The van der Waals surface area contributed by atoms with Gasteiger partial charge in [-0.25, -0.2) is 8.78 Å². The van der Waals surface area contributed by atoms with Gasteiger partial charge in [0.15, 0.2) is 0 Å². The van der Waals surface area contributed by atoms with E-state index in [4.69, 9.17) is 0 Å². The van der Waals surface area contributed by atoms with Crippen molar-refractivity contribution in [2.75, 3.05) is 12.3 Å². The molecule has 0 aliphatic carbocycles. The molecule has 0 radical (unpaired) electrons. The number of rotatable bonds is 3. The van der Waals surface area contributed by atoms with Gasteiger partial charge in [-0.3, -0.25) is 0 Å². The Kier molecular flexibility index (Phi) is 4.62. The van der Waals surface area contributed by atoms with Crippen LogP contribution in [0.5, 0.6) is 0 Å². The zero-order valence-corrected chi connectivity index (χ0v) is 11.6. The third kappa shape index (κ3) is 2.69. The van der Waals surface area contributed by atoms with Crippen molar-refractivity contribution in [2.45, 2.75) is 32.1 Å². The van der Waals surface area contributed by atoms with Gasteiger partial charge in [0.25, 0.3) is 0 Å². The number of hydrogen-bond donors (Lipinski definition) is 1. The molecule has 4 heteroatoms.